The van der Waals surface area contributed by atoms with E-state index < -0.39 is 0 Å². The fourth-order valence-electron chi connectivity index (χ4n) is 0.277. The molecule has 0 aliphatic rings. The van der Waals surface area contributed by atoms with Gasteiger partial charge < -0.3 is 4.74 Å². The minimum Gasteiger partial charge on any atom is -0.439 e. The monoisotopic (exact) mass is 111 g/mol. The van der Waals surface area contributed by atoms with Crippen molar-refractivity contribution in [3.8, 4) is 12.0 Å². The van der Waals surface area contributed by atoms with E-state index in [2.05, 4.69) is 19.0 Å². The van der Waals surface area contributed by atoms with Gasteiger partial charge in [-0.25, -0.2) is 0 Å². The van der Waals surface area contributed by atoms with Crippen LogP contribution in [0.4, 0.5) is 0 Å². The Morgan fingerprint density at radius 1 is 1.62 bits per heavy atom. The first-order valence-electron chi connectivity index (χ1n) is 2.81. The Kier molecular flexibility index (Phi) is 5.85. The van der Waals surface area contributed by atoms with Gasteiger partial charge in [-0.3, -0.25) is 0 Å². The zero-order valence-corrected chi connectivity index (χ0v) is 5.40. The highest BCUT2D eigenvalue weighted by Gasteiger charge is 1.79. The lowest BCUT2D eigenvalue weighted by atomic mass is 10.4. The van der Waals surface area contributed by atoms with Gasteiger partial charge in [-0.1, -0.05) is 19.3 Å². The van der Waals surface area contributed by atoms with Crippen molar-refractivity contribution in [1.82, 2.24) is 0 Å². The summed E-state index contributed by atoms with van der Waals surface area (Å²) in [5.41, 5.74) is 0. The van der Waals surface area contributed by atoms with Gasteiger partial charge in [0.2, 0.25) is 0 Å². The molecule has 8 heavy (non-hydrogen) atoms. The van der Waals surface area contributed by atoms with Crippen LogP contribution in [-0.2, 0) is 4.74 Å². The molecule has 0 bridgehead atoms. The number of rotatable bonds is 3. The van der Waals surface area contributed by atoms with E-state index in [-0.39, 0.29) is 0 Å². The lowest BCUT2D eigenvalue weighted by molar-refractivity contribution is 0.350. The average Bonchev–Trinajstić information content (AvgIpc) is 1.81. The van der Waals surface area contributed by atoms with Crippen LogP contribution in [0.2, 0.25) is 0 Å². The quantitative estimate of drug-likeness (QED) is 0.399. The highest BCUT2D eigenvalue weighted by molar-refractivity contribution is 4.86. The molecule has 0 rings (SSSR count). The van der Waals surface area contributed by atoms with Gasteiger partial charge in [0.25, 0.3) is 0 Å². The van der Waals surface area contributed by atoms with Crippen LogP contribution in [0, 0.1) is 18.6 Å². The lowest BCUT2D eigenvalue weighted by Gasteiger charge is -1.89. The predicted octanol–water partition coefficient (Wildman–Crippen LogP) is 1.95. The number of unbranched alkanes of at least 4 members (excludes halogenated alkanes) is 1. The molecule has 0 spiro atoms. The molecule has 1 radical (unpaired) electrons. The van der Waals surface area contributed by atoms with Crippen LogP contribution in [0.5, 0.6) is 0 Å². The maximum atomic E-state index is 4.74. The van der Waals surface area contributed by atoms with E-state index in [1.54, 1.807) is 13.5 Å². The predicted molar refractivity (Wildman–Crippen MR) is 33.7 cm³/mol. The standard InChI is InChI=1S/C7H11O/c1-3-5-7-8-6-4-2/h7H,3,5H2,1-2H3. The molecule has 0 unspecified atom stereocenters. The molecular formula is C7H11O. The Bertz CT molecular complexity index is 86.3. The summed E-state index contributed by atoms with van der Waals surface area (Å²) < 4.78 is 4.74. The lowest BCUT2D eigenvalue weighted by Crippen LogP contribution is -1.76. The molecule has 0 amide bonds. The van der Waals surface area contributed by atoms with Gasteiger partial charge >= 0.3 is 0 Å². The average molecular weight is 111 g/mol. The van der Waals surface area contributed by atoms with Gasteiger partial charge in [0, 0.05) is 6.92 Å². The third-order valence-corrected chi connectivity index (χ3v) is 0.651. The number of hydrogen-bond donors (Lipinski definition) is 0. The van der Waals surface area contributed by atoms with E-state index in [1.165, 1.54) is 0 Å². The highest BCUT2D eigenvalue weighted by Crippen LogP contribution is 1.91. The maximum absolute atomic E-state index is 4.74. The normalized spacial score (nSPS) is 7.25. The molecule has 1 nitrogen and oxygen atoms in total. The minimum absolute atomic E-state index is 0.981. The second-order valence-electron chi connectivity index (χ2n) is 1.43. The van der Waals surface area contributed by atoms with Crippen molar-refractivity contribution >= 4 is 0 Å². The Labute approximate surface area is 51.0 Å². The van der Waals surface area contributed by atoms with Crippen LogP contribution in [0.1, 0.15) is 26.7 Å². The van der Waals surface area contributed by atoms with Crippen molar-refractivity contribution in [3.05, 3.63) is 6.61 Å². The van der Waals surface area contributed by atoms with E-state index in [0.717, 1.165) is 12.8 Å². The van der Waals surface area contributed by atoms with Crippen molar-refractivity contribution in [3.63, 3.8) is 0 Å². The van der Waals surface area contributed by atoms with Crippen LogP contribution >= 0.6 is 0 Å². The van der Waals surface area contributed by atoms with Gasteiger partial charge in [-0.15, -0.1) is 0 Å². The third-order valence-electron chi connectivity index (χ3n) is 0.651. The fourth-order valence-corrected chi connectivity index (χ4v) is 0.277. The van der Waals surface area contributed by atoms with Crippen LogP contribution in [0.15, 0.2) is 0 Å². The van der Waals surface area contributed by atoms with Gasteiger partial charge in [0.15, 0.2) is 0 Å². The molecule has 0 N–H and O–H groups in total. The second kappa shape index (κ2) is 6.36. The van der Waals surface area contributed by atoms with Gasteiger partial charge in [0.05, 0.1) is 0 Å². The Hall–Kier alpha value is -0.640. The minimum atomic E-state index is 0.981. The zero-order chi connectivity index (χ0) is 6.24. The van der Waals surface area contributed by atoms with Crippen molar-refractivity contribution in [1.29, 1.82) is 0 Å². The van der Waals surface area contributed by atoms with E-state index in [0.29, 0.717) is 0 Å². The summed E-state index contributed by atoms with van der Waals surface area (Å²) in [6.45, 7) is 5.56. The molecule has 0 heterocycles. The summed E-state index contributed by atoms with van der Waals surface area (Å²) in [4.78, 5) is 0. The summed E-state index contributed by atoms with van der Waals surface area (Å²) in [7, 11) is 0. The first-order valence-corrected chi connectivity index (χ1v) is 2.81. The van der Waals surface area contributed by atoms with Gasteiger partial charge in [0.1, 0.15) is 12.7 Å². The first kappa shape index (κ1) is 7.36. The first-order chi connectivity index (χ1) is 3.91. The van der Waals surface area contributed by atoms with E-state index in [4.69, 9.17) is 4.74 Å². The zero-order valence-electron chi connectivity index (χ0n) is 5.40. The smallest absolute Gasteiger partial charge is 0.148 e. The SMILES string of the molecule is CC#CO[CH]CCC. The molecule has 0 fully saturated rings. The third kappa shape index (κ3) is 5.36. The molecule has 0 aromatic rings. The van der Waals surface area contributed by atoms with Crippen molar-refractivity contribution < 1.29 is 4.74 Å². The molecule has 0 saturated heterocycles. The molecule has 0 aromatic carbocycles. The van der Waals surface area contributed by atoms with E-state index >= 15 is 0 Å². The summed E-state index contributed by atoms with van der Waals surface area (Å²) in [5, 5.41) is 0. The second-order valence-corrected chi connectivity index (χ2v) is 1.43. The van der Waals surface area contributed by atoms with Crippen LogP contribution in [0.25, 0.3) is 0 Å². The maximum Gasteiger partial charge on any atom is 0.148 e. The molecule has 45 valence electrons. The fraction of sp³-hybridized carbons (Fsp3) is 0.571. The van der Waals surface area contributed by atoms with Crippen molar-refractivity contribution in [2.75, 3.05) is 0 Å². The number of hydrogen-bond acceptors (Lipinski definition) is 1. The van der Waals surface area contributed by atoms with Crippen LogP contribution in [0.3, 0.4) is 0 Å². The Morgan fingerprint density at radius 2 is 2.38 bits per heavy atom. The van der Waals surface area contributed by atoms with Crippen LogP contribution < -0.4 is 0 Å². The largest absolute Gasteiger partial charge is 0.439 e. The summed E-state index contributed by atoms with van der Waals surface area (Å²) in [5.74, 6) is 2.62. The molecule has 0 saturated carbocycles. The van der Waals surface area contributed by atoms with Crippen LogP contribution in [-0.4, -0.2) is 0 Å². The Balaban J connectivity index is 2.79. The molecule has 1 heteroatoms. The summed E-state index contributed by atoms with van der Waals surface area (Å²) in [6.07, 6.45) is 4.57. The molecular weight excluding hydrogens is 100 g/mol. The molecule has 0 atom stereocenters. The van der Waals surface area contributed by atoms with Gasteiger partial charge in [-0.05, 0) is 6.42 Å². The summed E-state index contributed by atoms with van der Waals surface area (Å²) >= 11 is 0. The van der Waals surface area contributed by atoms with Crippen molar-refractivity contribution in [2.45, 2.75) is 26.7 Å². The van der Waals surface area contributed by atoms with Gasteiger partial charge in [-0.2, -0.15) is 0 Å². The van der Waals surface area contributed by atoms with E-state index in [9.17, 15) is 0 Å². The van der Waals surface area contributed by atoms with Crippen molar-refractivity contribution in [2.24, 2.45) is 0 Å². The Morgan fingerprint density at radius 3 is 2.88 bits per heavy atom. The summed E-state index contributed by atoms with van der Waals surface area (Å²) in [6, 6.07) is 0. The van der Waals surface area contributed by atoms with E-state index in [1.807, 2.05) is 0 Å². The topological polar surface area (TPSA) is 9.23 Å². The molecule has 0 aromatic heterocycles. The molecule has 0 aliphatic heterocycles. The highest BCUT2D eigenvalue weighted by atomic mass is 16.5. The molecule has 0 aliphatic carbocycles. The number of ether oxygens (including phenoxy) is 1.